The minimum atomic E-state index is -0.226. The van der Waals surface area contributed by atoms with E-state index < -0.39 is 0 Å². The number of benzene rings is 1. The molecule has 0 atom stereocenters. The normalized spacial score (nSPS) is 18.9. The van der Waals surface area contributed by atoms with E-state index in [0.29, 0.717) is 19.8 Å². The lowest BCUT2D eigenvalue weighted by Gasteiger charge is -2.33. The quantitative estimate of drug-likeness (QED) is 0.392. The van der Waals surface area contributed by atoms with Gasteiger partial charge in [0.15, 0.2) is 0 Å². The van der Waals surface area contributed by atoms with Crippen LogP contribution >= 0.6 is 11.3 Å². The molecule has 1 aromatic carbocycles. The van der Waals surface area contributed by atoms with Crippen molar-refractivity contribution in [1.82, 2.24) is 9.88 Å². The second-order valence-corrected chi connectivity index (χ2v) is 11.8. The molecule has 8 nitrogen and oxygen atoms in total. The van der Waals surface area contributed by atoms with Gasteiger partial charge in [0.05, 0.1) is 68.3 Å². The molecule has 0 radical (unpaired) electrons. The van der Waals surface area contributed by atoms with Gasteiger partial charge in [-0.3, -0.25) is 0 Å². The van der Waals surface area contributed by atoms with Crippen LogP contribution in [-0.4, -0.2) is 55.4 Å². The fourth-order valence-electron chi connectivity index (χ4n) is 5.47. The van der Waals surface area contributed by atoms with Crippen LogP contribution in [-0.2, 0) is 46.9 Å². The fourth-order valence-corrected chi connectivity index (χ4v) is 6.66. The SMILES string of the molecule is COc1ccc(CN2C=Nc3c(sc4nc5c(c(COC6CCOCC6)c34)COC(C)(C)C5)C2)c(OC)c1. The van der Waals surface area contributed by atoms with Crippen LogP contribution in [0.4, 0.5) is 5.69 Å². The summed E-state index contributed by atoms with van der Waals surface area (Å²) in [5.41, 5.74) is 5.37. The van der Waals surface area contributed by atoms with E-state index in [-0.39, 0.29) is 11.7 Å². The Morgan fingerprint density at radius 3 is 2.79 bits per heavy atom. The first-order valence-electron chi connectivity index (χ1n) is 13.2. The molecule has 3 aliphatic rings. The zero-order chi connectivity index (χ0) is 26.3. The van der Waals surface area contributed by atoms with Crippen LogP contribution in [0.1, 0.15) is 54.0 Å². The summed E-state index contributed by atoms with van der Waals surface area (Å²) in [6.45, 7) is 8.34. The zero-order valence-electron chi connectivity index (χ0n) is 22.5. The molecule has 0 N–H and O–H groups in total. The van der Waals surface area contributed by atoms with Gasteiger partial charge < -0.3 is 28.6 Å². The highest BCUT2D eigenvalue weighted by molar-refractivity contribution is 7.19. The molecule has 0 aliphatic carbocycles. The number of pyridine rings is 1. The highest BCUT2D eigenvalue weighted by atomic mass is 32.1. The Hall–Kier alpha value is -2.72. The summed E-state index contributed by atoms with van der Waals surface area (Å²) in [6, 6.07) is 5.94. The number of methoxy groups -OCH3 is 2. The summed E-state index contributed by atoms with van der Waals surface area (Å²) in [4.78, 5) is 14.6. The summed E-state index contributed by atoms with van der Waals surface area (Å²) < 4.78 is 29.2. The number of aromatic nitrogens is 1. The average molecular weight is 538 g/mol. The van der Waals surface area contributed by atoms with Crippen molar-refractivity contribution in [3.63, 3.8) is 0 Å². The van der Waals surface area contributed by atoms with E-state index in [1.165, 1.54) is 16.0 Å². The van der Waals surface area contributed by atoms with Crippen molar-refractivity contribution < 1.29 is 23.7 Å². The molecule has 3 aromatic rings. The predicted molar refractivity (Wildman–Crippen MR) is 148 cm³/mol. The second-order valence-electron chi connectivity index (χ2n) is 10.7. The second kappa shape index (κ2) is 10.4. The molecular weight excluding hydrogens is 502 g/mol. The highest BCUT2D eigenvalue weighted by Gasteiger charge is 2.32. The van der Waals surface area contributed by atoms with Crippen molar-refractivity contribution in [2.75, 3.05) is 27.4 Å². The Morgan fingerprint density at radius 1 is 1.16 bits per heavy atom. The van der Waals surface area contributed by atoms with Crippen molar-refractivity contribution in [2.45, 2.75) is 71.1 Å². The molecule has 6 rings (SSSR count). The van der Waals surface area contributed by atoms with E-state index >= 15 is 0 Å². The number of nitrogens with zero attached hydrogens (tertiary/aromatic N) is 3. The monoisotopic (exact) mass is 537 g/mol. The molecule has 5 heterocycles. The van der Waals surface area contributed by atoms with Gasteiger partial charge in [0.1, 0.15) is 16.3 Å². The molecule has 9 heteroatoms. The lowest BCUT2D eigenvalue weighted by molar-refractivity contribution is -0.0483. The van der Waals surface area contributed by atoms with Crippen molar-refractivity contribution >= 4 is 33.6 Å². The number of aliphatic imine (C=N–C) groups is 1. The van der Waals surface area contributed by atoms with Crippen molar-refractivity contribution in [3.8, 4) is 11.5 Å². The number of ether oxygens (including phenoxy) is 5. The van der Waals surface area contributed by atoms with Gasteiger partial charge in [0.25, 0.3) is 0 Å². The van der Waals surface area contributed by atoms with Crippen LogP contribution in [0.25, 0.3) is 10.2 Å². The first-order valence-corrected chi connectivity index (χ1v) is 14.0. The summed E-state index contributed by atoms with van der Waals surface area (Å²) >= 11 is 1.74. The Labute approximate surface area is 227 Å². The largest absolute Gasteiger partial charge is 0.497 e. The van der Waals surface area contributed by atoms with E-state index in [0.717, 1.165) is 77.7 Å². The first kappa shape index (κ1) is 25.6. The maximum atomic E-state index is 6.45. The Kier molecular flexibility index (Phi) is 7.03. The molecule has 0 bridgehead atoms. The number of thiophene rings is 1. The fraction of sp³-hybridized carbons (Fsp3) is 0.517. The first-order chi connectivity index (χ1) is 18.4. The Morgan fingerprint density at radius 2 is 2.00 bits per heavy atom. The smallest absolute Gasteiger partial charge is 0.127 e. The molecule has 0 amide bonds. The predicted octanol–water partition coefficient (Wildman–Crippen LogP) is 5.54. The summed E-state index contributed by atoms with van der Waals surface area (Å²) in [6.07, 6.45) is 4.82. The van der Waals surface area contributed by atoms with Gasteiger partial charge in [-0.05, 0) is 44.4 Å². The Bertz CT molecular complexity index is 1360. The summed E-state index contributed by atoms with van der Waals surface area (Å²) in [5, 5.41) is 1.12. The van der Waals surface area contributed by atoms with Crippen molar-refractivity contribution in [2.24, 2.45) is 4.99 Å². The molecular formula is C29H35N3O5S. The van der Waals surface area contributed by atoms with E-state index in [2.05, 4.69) is 24.8 Å². The lowest BCUT2D eigenvalue weighted by Crippen LogP contribution is -2.33. The van der Waals surface area contributed by atoms with Crippen LogP contribution in [0.3, 0.4) is 0 Å². The molecule has 2 aromatic heterocycles. The number of rotatable bonds is 7. The zero-order valence-corrected chi connectivity index (χ0v) is 23.4. The topological polar surface area (TPSA) is 74.6 Å². The van der Waals surface area contributed by atoms with Crippen LogP contribution in [0.2, 0.25) is 0 Å². The van der Waals surface area contributed by atoms with Gasteiger partial charge in [-0.25, -0.2) is 9.98 Å². The standard InChI is InChI=1S/C29H35N3O5S/c1-29(2)12-23-21(16-37-29)22(15-36-19-7-9-35-10-8-19)26-27-25(38-28(26)31-23)14-32(17-30-27)13-18-5-6-20(33-3)11-24(18)34-4/h5-6,11,17,19H,7-10,12-16H2,1-4H3. The molecule has 3 aliphatic heterocycles. The lowest BCUT2D eigenvalue weighted by atomic mass is 9.92. The molecule has 202 valence electrons. The Balaban J connectivity index is 1.33. The average Bonchev–Trinajstić information content (AvgIpc) is 3.28. The molecule has 1 fully saturated rings. The van der Waals surface area contributed by atoms with E-state index in [4.69, 9.17) is 33.7 Å². The molecule has 0 spiro atoms. The number of hydrogen-bond acceptors (Lipinski definition) is 9. The van der Waals surface area contributed by atoms with Crippen molar-refractivity contribution in [1.29, 1.82) is 0 Å². The van der Waals surface area contributed by atoms with Crippen LogP contribution < -0.4 is 9.47 Å². The molecule has 0 saturated carbocycles. The minimum Gasteiger partial charge on any atom is -0.497 e. The van der Waals surface area contributed by atoms with Gasteiger partial charge in [0.2, 0.25) is 0 Å². The highest BCUT2D eigenvalue weighted by Crippen LogP contribution is 2.45. The van der Waals surface area contributed by atoms with Crippen LogP contribution in [0.15, 0.2) is 23.2 Å². The summed E-state index contributed by atoms with van der Waals surface area (Å²) in [7, 11) is 3.35. The van der Waals surface area contributed by atoms with Crippen molar-refractivity contribution in [3.05, 3.63) is 45.5 Å². The van der Waals surface area contributed by atoms with E-state index in [1.807, 2.05) is 18.5 Å². The molecule has 0 unspecified atom stereocenters. The van der Waals surface area contributed by atoms with E-state index in [1.54, 1.807) is 25.6 Å². The maximum Gasteiger partial charge on any atom is 0.127 e. The summed E-state index contributed by atoms with van der Waals surface area (Å²) in [5.74, 6) is 1.59. The third kappa shape index (κ3) is 5.00. The number of hydrogen-bond donors (Lipinski definition) is 0. The minimum absolute atomic E-state index is 0.219. The van der Waals surface area contributed by atoms with Gasteiger partial charge in [-0.2, -0.15) is 0 Å². The van der Waals surface area contributed by atoms with Crippen LogP contribution in [0.5, 0.6) is 11.5 Å². The van der Waals surface area contributed by atoms with Gasteiger partial charge in [0, 0.05) is 48.8 Å². The van der Waals surface area contributed by atoms with Gasteiger partial charge in [-0.15, -0.1) is 11.3 Å². The van der Waals surface area contributed by atoms with Gasteiger partial charge >= 0.3 is 0 Å². The third-order valence-electron chi connectivity index (χ3n) is 7.58. The number of fused-ring (bicyclic) bond motifs is 4. The third-order valence-corrected chi connectivity index (χ3v) is 8.64. The molecule has 1 saturated heterocycles. The maximum absolute atomic E-state index is 6.45. The molecule has 38 heavy (non-hydrogen) atoms. The van der Waals surface area contributed by atoms with E-state index in [9.17, 15) is 0 Å². The van der Waals surface area contributed by atoms with Gasteiger partial charge in [-0.1, -0.05) is 0 Å². The van der Waals surface area contributed by atoms with Crippen LogP contribution in [0, 0.1) is 0 Å².